The number of fused-ring (bicyclic) bond motifs is 1. The van der Waals surface area contributed by atoms with Gasteiger partial charge in [-0.3, -0.25) is 4.98 Å². The van der Waals surface area contributed by atoms with Gasteiger partial charge in [-0.15, -0.1) is 0 Å². The number of ether oxygens (including phenoxy) is 1. The molecule has 0 spiro atoms. The normalized spacial score (nSPS) is 17.8. The first-order valence-electron chi connectivity index (χ1n) is 5.96. The highest BCUT2D eigenvalue weighted by Gasteiger charge is 2.35. The molecule has 1 fully saturated rings. The molecule has 0 atom stereocenters. The Labute approximate surface area is 101 Å². The highest BCUT2D eigenvalue weighted by atomic mass is 16.5. The number of aromatic nitrogens is 1. The lowest BCUT2D eigenvalue weighted by molar-refractivity contribution is 0.256. The summed E-state index contributed by atoms with van der Waals surface area (Å²) in [4.78, 5) is 4.40. The number of hydrogen-bond acceptors (Lipinski definition) is 3. The van der Waals surface area contributed by atoms with Gasteiger partial charge in [0.15, 0.2) is 0 Å². The Morgan fingerprint density at radius 3 is 2.76 bits per heavy atom. The van der Waals surface area contributed by atoms with Crippen LogP contribution in [0.2, 0.25) is 0 Å². The van der Waals surface area contributed by atoms with Gasteiger partial charge < -0.3 is 10.5 Å². The van der Waals surface area contributed by atoms with Crippen molar-refractivity contribution in [2.45, 2.75) is 24.8 Å². The molecule has 0 bridgehead atoms. The molecule has 1 aromatic heterocycles. The van der Waals surface area contributed by atoms with E-state index in [-0.39, 0.29) is 5.54 Å². The predicted molar refractivity (Wildman–Crippen MR) is 68.0 cm³/mol. The highest BCUT2D eigenvalue weighted by Crippen LogP contribution is 2.42. The Kier molecular flexibility index (Phi) is 2.30. The summed E-state index contributed by atoms with van der Waals surface area (Å²) in [6.45, 7) is 0. The van der Waals surface area contributed by atoms with Crippen molar-refractivity contribution in [3.63, 3.8) is 0 Å². The fraction of sp³-hybridized carbons (Fsp3) is 0.357. The molecule has 3 heteroatoms. The molecule has 0 unspecified atom stereocenters. The summed E-state index contributed by atoms with van der Waals surface area (Å²) in [5, 5.41) is 1.12. The zero-order valence-corrected chi connectivity index (χ0v) is 9.94. The molecule has 1 aliphatic rings. The third-order valence-electron chi connectivity index (χ3n) is 3.73. The quantitative estimate of drug-likeness (QED) is 0.859. The molecule has 88 valence electrons. The van der Waals surface area contributed by atoms with Crippen molar-refractivity contribution in [2.75, 3.05) is 7.11 Å². The van der Waals surface area contributed by atoms with Gasteiger partial charge in [0, 0.05) is 17.1 Å². The predicted octanol–water partition coefficient (Wildman–Crippen LogP) is 2.58. The van der Waals surface area contributed by atoms with Gasteiger partial charge in [-0.05, 0) is 37.0 Å². The van der Waals surface area contributed by atoms with Crippen LogP contribution >= 0.6 is 0 Å². The van der Waals surface area contributed by atoms with E-state index < -0.39 is 0 Å². The molecule has 1 saturated carbocycles. The largest absolute Gasteiger partial charge is 0.494 e. The van der Waals surface area contributed by atoms with Gasteiger partial charge in [0.2, 0.25) is 0 Å². The number of methoxy groups -OCH3 is 1. The molecular formula is C14H16N2O. The van der Waals surface area contributed by atoms with Gasteiger partial charge in [0.1, 0.15) is 11.3 Å². The number of nitrogens with two attached hydrogens (primary N) is 1. The van der Waals surface area contributed by atoms with Gasteiger partial charge in [-0.2, -0.15) is 0 Å². The SMILES string of the molecule is COc1ccc(C2(N)CCC2)c2cccnc12. The van der Waals surface area contributed by atoms with Gasteiger partial charge in [0.25, 0.3) is 0 Å². The minimum atomic E-state index is -0.159. The standard InChI is InChI=1S/C14H16N2O/c1-17-12-6-5-11(14(15)7-3-8-14)10-4-2-9-16-13(10)12/h2,4-6,9H,3,7-8,15H2,1H3. The van der Waals surface area contributed by atoms with Crippen LogP contribution in [0.25, 0.3) is 10.9 Å². The molecule has 0 aliphatic heterocycles. The van der Waals surface area contributed by atoms with Crippen LogP contribution in [0.1, 0.15) is 24.8 Å². The lowest BCUT2D eigenvalue weighted by atomic mass is 9.71. The summed E-state index contributed by atoms with van der Waals surface area (Å²) < 4.78 is 5.34. The van der Waals surface area contributed by atoms with Crippen LogP contribution < -0.4 is 10.5 Å². The second-order valence-corrected chi connectivity index (χ2v) is 4.72. The zero-order valence-electron chi connectivity index (χ0n) is 9.94. The van der Waals surface area contributed by atoms with Crippen molar-refractivity contribution in [1.29, 1.82) is 0 Å². The fourth-order valence-corrected chi connectivity index (χ4v) is 2.57. The maximum Gasteiger partial charge on any atom is 0.145 e. The van der Waals surface area contributed by atoms with E-state index >= 15 is 0 Å². The Morgan fingerprint density at radius 1 is 1.29 bits per heavy atom. The minimum absolute atomic E-state index is 0.159. The maximum absolute atomic E-state index is 6.41. The summed E-state index contributed by atoms with van der Waals surface area (Å²) in [6, 6.07) is 8.08. The van der Waals surface area contributed by atoms with Crippen LogP contribution in [0.5, 0.6) is 5.75 Å². The van der Waals surface area contributed by atoms with Crippen molar-refractivity contribution in [2.24, 2.45) is 5.73 Å². The van der Waals surface area contributed by atoms with Crippen LogP contribution in [0.3, 0.4) is 0 Å². The Bertz CT molecular complexity index is 561. The van der Waals surface area contributed by atoms with Gasteiger partial charge in [0.05, 0.1) is 7.11 Å². The molecule has 2 aromatic rings. The molecule has 17 heavy (non-hydrogen) atoms. The summed E-state index contributed by atoms with van der Waals surface area (Å²) >= 11 is 0. The average molecular weight is 228 g/mol. The second-order valence-electron chi connectivity index (χ2n) is 4.72. The molecule has 3 nitrogen and oxygen atoms in total. The number of hydrogen-bond donors (Lipinski definition) is 1. The van der Waals surface area contributed by atoms with Crippen LogP contribution in [0.15, 0.2) is 30.5 Å². The Balaban J connectivity index is 2.27. The molecule has 1 aromatic carbocycles. The monoisotopic (exact) mass is 228 g/mol. The van der Waals surface area contributed by atoms with E-state index in [1.807, 2.05) is 12.1 Å². The van der Waals surface area contributed by atoms with Crippen LogP contribution in [0, 0.1) is 0 Å². The van der Waals surface area contributed by atoms with E-state index in [1.165, 1.54) is 12.0 Å². The molecule has 2 N–H and O–H groups in total. The molecule has 1 heterocycles. The van der Waals surface area contributed by atoms with Crippen molar-refractivity contribution in [1.82, 2.24) is 4.98 Å². The first kappa shape index (κ1) is 10.5. The Hall–Kier alpha value is -1.61. The summed E-state index contributed by atoms with van der Waals surface area (Å²) in [5.41, 5.74) is 8.36. The number of pyridine rings is 1. The van der Waals surface area contributed by atoms with Crippen molar-refractivity contribution < 1.29 is 4.74 Å². The van der Waals surface area contributed by atoms with E-state index in [4.69, 9.17) is 10.5 Å². The van der Waals surface area contributed by atoms with Crippen molar-refractivity contribution in [3.05, 3.63) is 36.0 Å². The number of nitrogens with zero attached hydrogens (tertiary/aromatic N) is 1. The van der Waals surface area contributed by atoms with Gasteiger partial charge in [-0.1, -0.05) is 12.1 Å². The fourth-order valence-electron chi connectivity index (χ4n) is 2.57. The molecule has 3 rings (SSSR count). The summed E-state index contributed by atoms with van der Waals surface area (Å²) in [6.07, 6.45) is 5.12. The average Bonchev–Trinajstić information content (AvgIpc) is 2.34. The van der Waals surface area contributed by atoms with Crippen LogP contribution in [-0.2, 0) is 5.54 Å². The smallest absolute Gasteiger partial charge is 0.145 e. The summed E-state index contributed by atoms with van der Waals surface area (Å²) in [5.74, 6) is 0.812. The highest BCUT2D eigenvalue weighted by molar-refractivity contribution is 5.88. The van der Waals surface area contributed by atoms with E-state index in [1.54, 1.807) is 13.3 Å². The molecular weight excluding hydrogens is 212 g/mol. The van der Waals surface area contributed by atoms with Crippen LogP contribution in [0.4, 0.5) is 0 Å². The number of rotatable bonds is 2. The molecule has 1 aliphatic carbocycles. The van der Waals surface area contributed by atoms with Crippen molar-refractivity contribution >= 4 is 10.9 Å². The lowest BCUT2D eigenvalue weighted by Gasteiger charge is -2.39. The van der Waals surface area contributed by atoms with E-state index in [9.17, 15) is 0 Å². The summed E-state index contributed by atoms with van der Waals surface area (Å²) in [7, 11) is 1.67. The first-order valence-corrected chi connectivity index (χ1v) is 5.96. The second kappa shape index (κ2) is 3.70. The molecule has 0 saturated heterocycles. The number of benzene rings is 1. The minimum Gasteiger partial charge on any atom is -0.494 e. The van der Waals surface area contributed by atoms with Crippen molar-refractivity contribution in [3.8, 4) is 5.75 Å². The Morgan fingerprint density at radius 2 is 2.12 bits per heavy atom. The van der Waals surface area contributed by atoms with Crippen LogP contribution in [-0.4, -0.2) is 12.1 Å². The van der Waals surface area contributed by atoms with Gasteiger partial charge >= 0.3 is 0 Å². The third kappa shape index (κ3) is 1.50. The topological polar surface area (TPSA) is 48.1 Å². The zero-order chi connectivity index (χ0) is 11.9. The molecule has 0 amide bonds. The van der Waals surface area contributed by atoms with E-state index in [0.29, 0.717) is 0 Å². The first-order chi connectivity index (χ1) is 8.24. The van der Waals surface area contributed by atoms with Gasteiger partial charge in [-0.25, -0.2) is 0 Å². The molecule has 0 radical (unpaired) electrons. The lowest BCUT2D eigenvalue weighted by Crippen LogP contribution is -2.43. The maximum atomic E-state index is 6.41. The van der Waals surface area contributed by atoms with E-state index in [2.05, 4.69) is 17.1 Å². The third-order valence-corrected chi connectivity index (χ3v) is 3.73. The van der Waals surface area contributed by atoms with E-state index in [0.717, 1.165) is 29.5 Å².